The summed E-state index contributed by atoms with van der Waals surface area (Å²) in [5.74, 6) is 0.174. The van der Waals surface area contributed by atoms with Gasteiger partial charge in [0.05, 0.1) is 12.8 Å². The van der Waals surface area contributed by atoms with Gasteiger partial charge >= 0.3 is 0 Å². The number of furan rings is 1. The number of thioether (sulfide) groups is 1. The number of likely N-dealkylation sites (tertiary alicyclic amines) is 1. The van der Waals surface area contributed by atoms with Crippen LogP contribution in [-0.2, 0) is 21.7 Å². The largest absolute Gasteiger partial charge is 0.467 e. The third kappa shape index (κ3) is 2.53. The smallest absolute Gasteiger partial charge is 0.254 e. The lowest BCUT2D eigenvalue weighted by Gasteiger charge is -2.42. The van der Waals surface area contributed by atoms with Crippen LogP contribution in [0.2, 0.25) is 0 Å². The second-order valence-corrected chi connectivity index (χ2v) is 10.9. The lowest BCUT2D eigenvalue weighted by molar-refractivity contribution is -0.139. The van der Waals surface area contributed by atoms with Crippen molar-refractivity contribution in [3.05, 3.63) is 89.9 Å². The van der Waals surface area contributed by atoms with Gasteiger partial charge < -0.3 is 9.32 Å². The SMILES string of the molecule is CN1C(=O)[C@]2(c3ccccc31)N(C)C[C@H](c1ccccc1)[C@@]21SC(=S)N(Cc2ccco2)C1=O. The van der Waals surface area contributed by atoms with Crippen molar-refractivity contribution in [2.24, 2.45) is 0 Å². The predicted molar refractivity (Wildman–Crippen MR) is 136 cm³/mol. The predicted octanol–water partition coefficient (Wildman–Crippen LogP) is 3.98. The number of amides is 2. The van der Waals surface area contributed by atoms with E-state index in [1.165, 1.54) is 11.8 Å². The number of benzene rings is 2. The molecule has 2 spiro atoms. The van der Waals surface area contributed by atoms with E-state index in [0.29, 0.717) is 16.6 Å². The number of carbonyl (C=O) groups excluding carboxylic acids is 2. The van der Waals surface area contributed by atoms with Crippen molar-refractivity contribution in [2.75, 3.05) is 25.5 Å². The number of carbonyl (C=O) groups is 2. The molecule has 3 atom stereocenters. The Labute approximate surface area is 207 Å². The van der Waals surface area contributed by atoms with E-state index >= 15 is 0 Å². The molecule has 2 saturated heterocycles. The fraction of sp³-hybridized carbons (Fsp3) is 0.269. The van der Waals surface area contributed by atoms with Crippen molar-refractivity contribution >= 4 is 45.8 Å². The third-order valence-corrected chi connectivity index (χ3v) is 9.40. The maximum absolute atomic E-state index is 14.6. The number of hydrogen-bond acceptors (Lipinski definition) is 6. The molecule has 2 fully saturated rings. The first-order chi connectivity index (χ1) is 16.4. The minimum absolute atomic E-state index is 0.0990. The Balaban J connectivity index is 1.61. The van der Waals surface area contributed by atoms with Crippen LogP contribution >= 0.6 is 24.0 Å². The molecule has 6 nitrogen and oxygen atoms in total. The Hall–Kier alpha value is -2.94. The number of hydrogen-bond donors (Lipinski definition) is 0. The fourth-order valence-electron chi connectivity index (χ4n) is 6.03. The van der Waals surface area contributed by atoms with E-state index in [9.17, 15) is 9.59 Å². The highest BCUT2D eigenvalue weighted by Gasteiger charge is 2.78. The van der Waals surface area contributed by atoms with Gasteiger partial charge in [-0.05, 0) is 30.8 Å². The van der Waals surface area contributed by atoms with Crippen LogP contribution in [0.3, 0.4) is 0 Å². The van der Waals surface area contributed by atoms with E-state index in [0.717, 1.165) is 16.8 Å². The molecule has 172 valence electrons. The first-order valence-corrected chi connectivity index (χ1v) is 12.4. The summed E-state index contributed by atoms with van der Waals surface area (Å²) in [6, 6.07) is 21.4. The number of para-hydroxylation sites is 1. The van der Waals surface area contributed by atoms with E-state index in [1.807, 2.05) is 67.7 Å². The Morgan fingerprint density at radius 2 is 1.74 bits per heavy atom. The summed E-state index contributed by atoms with van der Waals surface area (Å²) >= 11 is 7.17. The van der Waals surface area contributed by atoms with Crippen molar-refractivity contribution in [1.82, 2.24) is 9.80 Å². The molecule has 3 aromatic rings. The Bertz CT molecular complexity index is 1310. The second kappa shape index (κ2) is 7.53. The highest BCUT2D eigenvalue weighted by atomic mass is 32.2. The molecule has 1 aromatic heterocycles. The average Bonchev–Trinajstić information content (AvgIpc) is 3.57. The van der Waals surface area contributed by atoms with Gasteiger partial charge in [-0.15, -0.1) is 0 Å². The molecule has 0 aliphatic carbocycles. The van der Waals surface area contributed by atoms with Crippen LogP contribution in [0.15, 0.2) is 77.4 Å². The number of nitrogens with zero attached hydrogens (tertiary/aromatic N) is 3. The van der Waals surface area contributed by atoms with Crippen LogP contribution in [0, 0.1) is 0 Å². The average molecular weight is 490 g/mol. The standard InChI is InChI=1S/C26H23N3O3S2/c1-27-16-20(17-9-4-3-5-10-17)26(23(31)29(24(33)34-26)15-18-11-8-14-32-18)25(27)19-12-6-7-13-21(19)28(2)22(25)30/h3-14,20H,15-16H2,1-2H3/t20-,25+,26+/m1/s1. The van der Waals surface area contributed by atoms with Gasteiger partial charge in [-0.25, -0.2) is 0 Å². The van der Waals surface area contributed by atoms with Crippen LogP contribution in [0.5, 0.6) is 0 Å². The lowest BCUT2D eigenvalue weighted by atomic mass is 9.72. The van der Waals surface area contributed by atoms with Crippen molar-refractivity contribution in [3.8, 4) is 0 Å². The molecule has 0 N–H and O–H groups in total. The van der Waals surface area contributed by atoms with Crippen LogP contribution < -0.4 is 4.90 Å². The summed E-state index contributed by atoms with van der Waals surface area (Å²) in [6.45, 7) is 0.792. The number of thiocarbonyl (C=S) groups is 1. The molecule has 0 unspecified atom stereocenters. The van der Waals surface area contributed by atoms with Crippen LogP contribution in [0.25, 0.3) is 0 Å². The molecule has 0 bridgehead atoms. The molecule has 0 radical (unpaired) electrons. The third-order valence-electron chi connectivity index (χ3n) is 7.45. The highest BCUT2D eigenvalue weighted by Crippen LogP contribution is 2.66. The van der Waals surface area contributed by atoms with Crippen molar-refractivity contribution in [1.29, 1.82) is 0 Å². The minimum Gasteiger partial charge on any atom is -0.467 e. The molecule has 34 heavy (non-hydrogen) atoms. The van der Waals surface area contributed by atoms with Gasteiger partial charge in [-0.1, -0.05) is 72.5 Å². The molecule has 2 aromatic carbocycles. The summed E-state index contributed by atoms with van der Waals surface area (Å²) in [4.78, 5) is 34.2. The molecule has 8 heteroatoms. The Kier molecular flexibility index (Phi) is 4.78. The van der Waals surface area contributed by atoms with Gasteiger partial charge in [0.1, 0.15) is 14.8 Å². The van der Waals surface area contributed by atoms with Crippen LogP contribution in [0.4, 0.5) is 5.69 Å². The molecule has 6 rings (SSSR count). The van der Waals surface area contributed by atoms with Gasteiger partial charge in [0.2, 0.25) is 5.91 Å². The first kappa shape index (κ1) is 21.6. The molecule has 0 saturated carbocycles. The van der Waals surface area contributed by atoms with Crippen molar-refractivity contribution in [3.63, 3.8) is 0 Å². The Morgan fingerprint density at radius 3 is 2.47 bits per heavy atom. The van der Waals surface area contributed by atoms with Gasteiger partial charge in [0.25, 0.3) is 5.91 Å². The zero-order valence-electron chi connectivity index (χ0n) is 18.8. The van der Waals surface area contributed by atoms with Crippen molar-refractivity contribution < 1.29 is 14.0 Å². The molecular weight excluding hydrogens is 466 g/mol. The summed E-state index contributed by atoms with van der Waals surface area (Å²) < 4.78 is 4.86. The van der Waals surface area contributed by atoms with E-state index in [2.05, 4.69) is 4.90 Å². The van der Waals surface area contributed by atoms with Crippen LogP contribution in [-0.4, -0.2) is 51.3 Å². The lowest BCUT2D eigenvalue weighted by Crippen LogP contribution is -2.62. The molecule has 2 amide bonds. The maximum Gasteiger partial charge on any atom is 0.254 e. The van der Waals surface area contributed by atoms with Gasteiger partial charge in [0, 0.05) is 30.8 Å². The topological polar surface area (TPSA) is 57.0 Å². The Morgan fingerprint density at radius 1 is 1.00 bits per heavy atom. The number of anilines is 1. The van der Waals surface area contributed by atoms with Gasteiger partial charge in [-0.3, -0.25) is 19.4 Å². The molecular formula is C26H23N3O3S2. The first-order valence-electron chi connectivity index (χ1n) is 11.1. The molecule has 3 aliphatic rings. The zero-order valence-corrected chi connectivity index (χ0v) is 20.4. The van der Waals surface area contributed by atoms with E-state index < -0.39 is 10.3 Å². The van der Waals surface area contributed by atoms with E-state index in [1.54, 1.807) is 29.2 Å². The zero-order chi connectivity index (χ0) is 23.7. The van der Waals surface area contributed by atoms with Gasteiger partial charge in [0.15, 0.2) is 5.54 Å². The molecule has 3 aliphatic heterocycles. The number of fused-ring (bicyclic) bond motifs is 3. The number of likely N-dealkylation sites (N-methyl/N-ethyl adjacent to an activating group) is 2. The summed E-state index contributed by atoms with van der Waals surface area (Å²) in [5.41, 5.74) is 1.53. The summed E-state index contributed by atoms with van der Waals surface area (Å²) in [7, 11) is 3.74. The minimum atomic E-state index is -1.18. The fourth-order valence-corrected chi connectivity index (χ4v) is 8.16. The quantitative estimate of drug-likeness (QED) is 0.519. The van der Waals surface area contributed by atoms with E-state index in [-0.39, 0.29) is 24.3 Å². The highest BCUT2D eigenvalue weighted by molar-refractivity contribution is 8.25. The maximum atomic E-state index is 14.6. The molecule has 4 heterocycles. The monoisotopic (exact) mass is 489 g/mol. The normalized spacial score (nSPS) is 28.6. The summed E-state index contributed by atoms with van der Waals surface area (Å²) in [6.07, 6.45) is 1.59. The van der Waals surface area contributed by atoms with Crippen molar-refractivity contribution in [2.45, 2.75) is 22.7 Å². The second-order valence-electron chi connectivity index (χ2n) is 9.01. The summed E-state index contributed by atoms with van der Waals surface area (Å²) in [5, 5.41) is 0. The number of rotatable bonds is 3. The van der Waals surface area contributed by atoms with Crippen LogP contribution in [0.1, 0.15) is 22.8 Å². The van der Waals surface area contributed by atoms with Gasteiger partial charge in [-0.2, -0.15) is 0 Å². The van der Waals surface area contributed by atoms with E-state index in [4.69, 9.17) is 16.6 Å².